The summed E-state index contributed by atoms with van der Waals surface area (Å²) in [6, 6.07) is 7.40. The highest BCUT2D eigenvalue weighted by Crippen LogP contribution is 2.22. The van der Waals surface area contributed by atoms with Crippen LogP contribution in [0.2, 0.25) is 0 Å². The zero-order valence-corrected chi connectivity index (χ0v) is 14.7. The highest BCUT2D eigenvalue weighted by Gasteiger charge is 2.25. The molecule has 7 heteroatoms. The first-order chi connectivity index (χ1) is 11.8. The average molecular weight is 339 g/mol. The second-order valence-electron chi connectivity index (χ2n) is 6.85. The van der Waals surface area contributed by atoms with Gasteiger partial charge in [-0.2, -0.15) is 0 Å². The van der Waals surface area contributed by atoms with Gasteiger partial charge in [0.05, 0.1) is 6.20 Å². The second kappa shape index (κ2) is 6.51. The molecule has 0 aliphatic heterocycles. The van der Waals surface area contributed by atoms with Crippen LogP contribution in [0, 0.1) is 6.92 Å². The van der Waals surface area contributed by atoms with Crippen LogP contribution in [0.25, 0.3) is 5.65 Å². The molecular formula is C18H21N5O2. The smallest absolute Gasteiger partial charge is 0.408 e. The van der Waals surface area contributed by atoms with Crippen molar-refractivity contribution in [1.29, 1.82) is 0 Å². The molecule has 2 heterocycles. The van der Waals surface area contributed by atoms with Crippen LogP contribution < -0.4 is 5.32 Å². The number of carbonyl (C=O) groups excluding carboxylic acids is 1. The third kappa shape index (κ3) is 3.93. The standard InChI is InChI=1S/C18H21N5O2/c1-12-5-7-13(8-6-12)15(20-17(24)25-18(2,3)4)16-22-21-14-11-19-9-10-23(14)16/h5-11,15H,1-4H3,(H,20,24)/t15-/m1/s1. The van der Waals surface area contributed by atoms with E-state index in [-0.39, 0.29) is 0 Å². The van der Waals surface area contributed by atoms with Gasteiger partial charge in [-0.25, -0.2) is 4.79 Å². The molecule has 130 valence electrons. The van der Waals surface area contributed by atoms with Crippen LogP contribution in [-0.4, -0.2) is 31.3 Å². The fraction of sp³-hybridized carbons (Fsp3) is 0.333. The van der Waals surface area contributed by atoms with Crippen molar-refractivity contribution in [3.63, 3.8) is 0 Å². The number of ether oxygens (including phenoxy) is 1. The molecule has 25 heavy (non-hydrogen) atoms. The van der Waals surface area contributed by atoms with E-state index in [4.69, 9.17) is 4.74 Å². The maximum absolute atomic E-state index is 12.3. The summed E-state index contributed by atoms with van der Waals surface area (Å²) in [5, 5.41) is 11.3. The minimum atomic E-state index is -0.585. The second-order valence-corrected chi connectivity index (χ2v) is 6.85. The van der Waals surface area contributed by atoms with Crippen LogP contribution in [0.15, 0.2) is 42.9 Å². The van der Waals surface area contributed by atoms with Gasteiger partial charge in [0, 0.05) is 12.4 Å². The van der Waals surface area contributed by atoms with E-state index in [1.165, 1.54) is 0 Å². The molecule has 0 saturated heterocycles. The number of hydrogen-bond acceptors (Lipinski definition) is 5. The SMILES string of the molecule is Cc1ccc([C@@H](NC(=O)OC(C)(C)C)c2nnc3cnccn23)cc1. The Morgan fingerprint density at radius 1 is 1.20 bits per heavy atom. The summed E-state index contributed by atoms with van der Waals surface area (Å²) < 4.78 is 7.20. The number of alkyl carbamates (subject to hydrolysis) is 1. The van der Waals surface area contributed by atoms with Crippen molar-refractivity contribution >= 4 is 11.7 Å². The zero-order chi connectivity index (χ0) is 18.0. The Balaban J connectivity index is 2.00. The summed E-state index contributed by atoms with van der Waals surface area (Å²) in [6.45, 7) is 7.49. The lowest BCUT2D eigenvalue weighted by atomic mass is 10.0. The first-order valence-electron chi connectivity index (χ1n) is 8.04. The van der Waals surface area contributed by atoms with Gasteiger partial charge in [-0.15, -0.1) is 10.2 Å². The Morgan fingerprint density at radius 3 is 2.60 bits per heavy atom. The quantitative estimate of drug-likeness (QED) is 0.793. The predicted octanol–water partition coefficient (Wildman–Crippen LogP) is 3.05. The number of benzene rings is 1. The van der Waals surface area contributed by atoms with Crippen LogP contribution in [0.3, 0.4) is 0 Å². The third-order valence-corrected chi connectivity index (χ3v) is 3.57. The van der Waals surface area contributed by atoms with E-state index in [2.05, 4.69) is 20.5 Å². The topological polar surface area (TPSA) is 81.4 Å². The molecule has 0 aliphatic carbocycles. The average Bonchev–Trinajstić information content (AvgIpc) is 2.96. The number of aromatic nitrogens is 4. The molecule has 3 aromatic rings. The molecule has 0 saturated carbocycles. The van der Waals surface area contributed by atoms with Crippen LogP contribution in [0.4, 0.5) is 4.79 Å². The van der Waals surface area contributed by atoms with Gasteiger partial charge in [-0.1, -0.05) is 29.8 Å². The number of hydrogen-bond donors (Lipinski definition) is 1. The van der Waals surface area contributed by atoms with E-state index in [0.717, 1.165) is 11.1 Å². The molecule has 1 atom stereocenters. The lowest BCUT2D eigenvalue weighted by Gasteiger charge is -2.23. The summed E-state index contributed by atoms with van der Waals surface area (Å²) in [5.74, 6) is 0.590. The van der Waals surface area contributed by atoms with Crippen molar-refractivity contribution in [3.05, 3.63) is 59.8 Å². The summed E-state index contributed by atoms with van der Waals surface area (Å²) in [7, 11) is 0. The number of nitrogens with one attached hydrogen (secondary N) is 1. The normalized spacial score (nSPS) is 12.8. The van der Waals surface area contributed by atoms with Crippen molar-refractivity contribution in [2.24, 2.45) is 0 Å². The fourth-order valence-electron chi connectivity index (χ4n) is 2.45. The van der Waals surface area contributed by atoms with Crippen LogP contribution >= 0.6 is 0 Å². The van der Waals surface area contributed by atoms with E-state index in [1.807, 2.05) is 52.0 Å². The van der Waals surface area contributed by atoms with Crippen molar-refractivity contribution in [2.45, 2.75) is 39.3 Å². The molecule has 1 N–H and O–H groups in total. The molecule has 2 aromatic heterocycles. The number of fused-ring (bicyclic) bond motifs is 1. The van der Waals surface area contributed by atoms with Crippen LogP contribution in [0.5, 0.6) is 0 Å². The fourth-order valence-corrected chi connectivity index (χ4v) is 2.45. The van der Waals surface area contributed by atoms with E-state index in [9.17, 15) is 4.79 Å². The Labute approximate surface area is 146 Å². The van der Waals surface area contributed by atoms with Gasteiger partial charge in [0.25, 0.3) is 0 Å². The summed E-state index contributed by atoms with van der Waals surface area (Å²) >= 11 is 0. The van der Waals surface area contributed by atoms with Crippen molar-refractivity contribution < 1.29 is 9.53 Å². The maximum atomic E-state index is 12.3. The highest BCUT2D eigenvalue weighted by atomic mass is 16.6. The summed E-state index contributed by atoms with van der Waals surface area (Å²) in [6.07, 6.45) is 4.53. The van der Waals surface area contributed by atoms with E-state index in [0.29, 0.717) is 11.5 Å². The predicted molar refractivity (Wildman–Crippen MR) is 93.2 cm³/mol. The molecule has 7 nitrogen and oxygen atoms in total. The Hall–Kier alpha value is -2.96. The third-order valence-electron chi connectivity index (χ3n) is 3.57. The van der Waals surface area contributed by atoms with Crippen LogP contribution in [0.1, 0.15) is 43.8 Å². The Kier molecular flexibility index (Phi) is 4.39. The van der Waals surface area contributed by atoms with E-state index < -0.39 is 17.7 Å². The van der Waals surface area contributed by atoms with Gasteiger partial charge in [-0.05, 0) is 33.3 Å². The summed E-state index contributed by atoms with van der Waals surface area (Å²) in [4.78, 5) is 16.4. The lowest BCUT2D eigenvalue weighted by Crippen LogP contribution is -2.36. The first-order valence-corrected chi connectivity index (χ1v) is 8.04. The monoisotopic (exact) mass is 339 g/mol. The number of rotatable bonds is 3. The van der Waals surface area contributed by atoms with Gasteiger partial charge >= 0.3 is 6.09 Å². The number of aryl methyl sites for hydroxylation is 1. The van der Waals surface area contributed by atoms with Gasteiger partial charge < -0.3 is 10.1 Å². The molecule has 1 amide bonds. The minimum absolute atomic E-state index is 0.493. The van der Waals surface area contributed by atoms with Crippen LogP contribution in [-0.2, 0) is 4.74 Å². The first kappa shape index (κ1) is 16.9. The number of amides is 1. The van der Waals surface area contributed by atoms with Gasteiger partial charge in [0.2, 0.25) is 0 Å². The maximum Gasteiger partial charge on any atom is 0.408 e. The molecule has 0 fully saturated rings. The highest BCUT2D eigenvalue weighted by molar-refractivity contribution is 5.69. The number of nitrogens with zero attached hydrogens (tertiary/aromatic N) is 4. The Morgan fingerprint density at radius 2 is 1.92 bits per heavy atom. The van der Waals surface area contributed by atoms with E-state index in [1.54, 1.807) is 23.0 Å². The molecular weight excluding hydrogens is 318 g/mol. The number of carbonyl (C=O) groups is 1. The van der Waals surface area contributed by atoms with Gasteiger partial charge in [0.1, 0.15) is 11.6 Å². The van der Waals surface area contributed by atoms with Crippen molar-refractivity contribution in [3.8, 4) is 0 Å². The van der Waals surface area contributed by atoms with Gasteiger partial charge in [0.15, 0.2) is 11.5 Å². The molecule has 0 unspecified atom stereocenters. The lowest BCUT2D eigenvalue weighted by molar-refractivity contribution is 0.0510. The van der Waals surface area contributed by atoms with Gasteiger partial charge in [-0.3, -0.25) is 9.38 Å². The molecule has 0 bridgehead atoms. The molecule has 0 radical (unpaired) electrons. The van der Waals surface area contributed by atoms with E-state index >= 15 is 0 Å². The molecule has 0 spiro atoms. The van der Waals surface area contributed by atoms with Crippen molar-refractivity contribution in [2.75, 3.05) is 0 Å². The Bertz CT molecular complexity index is 880. The molecule has 1 aromatic carbocycles. The zero-order valence-electron chi connectivity index (χ0n) is 14.7. The minimum Gasteiger partial charge on any atom is -0.444 e. The summed E-state index contributed by atoms with van der Waals surface area (Å²) in [5.41, 5.74) is 2.05. The van der Waals surface area contributed by atoms with Crippen molar-refractivity contribution in [1.82, 2.24) is 24.9 Å². The molecule has 0 aliphatic rings. The molecule has 3 rings (SSSR count). The largest absolute Gasteiger partial charge is 0.444 e.